The molecular weight excluding hydrogens is 150 g/mol. The molecule has 1 aromatic carbocycles. The maximum absolute atomic E-state index is 5.22. The predicted molar refractivity (Wildman–Crippen MR) is 48.0 cm³/mol. The summed E-state index contributed by atoms with van der Waals surface area (Å²) in [7, 11) is 0. The number of hydrogen-bond acceptors (Lipinski definition) is 2. The lowest BCUT2D eigenvalue weighted by Gasteiger charge is -2.32. The van der Waals surface area contributed by atoms with Crippen LogP contribution in [0.1, 0.15) is 18.9 Å². The zero-order valence-corrected chi connectivity index (χ0v) is 7.03. The average Bonchev–Trinajstić information content (AvgIpc) is 2.05. The van der Waals surface area contributed by atoms with Crippen molar-refractivity contribution < 1.29 is 4.84 Å². The lowest BCUT2D eigenvalue weighted by atomic mass is 9.91. The Balaban J connectivity index is 2.36. The number of hydrogen-bond donors (Lipinski definition) is 0. The molecule has 2 nitrogen and oxygen atoms in total. The molecule has 1 atom stereocenters. The second kappa shape index (κ2) is 2.63. The molecule has 0 N–H and O–H groups in total. The van der Waals surface area contributed by atoms with Crippen molar-refractivity contribution >= 4 is 6.21 Å². The Hall–Kier alpha value is -1.31. The normalized spacial score (nSPS) is 26.1. The fourth-order valence-electron chi connectivity index (χ4n) is 1.39. The molecule has 1 aliphatic heterocycles. The van der Waals surface area contributed by atoms with Gasteiger partial charge in [-0.3, -0.25) is 0 Å². The van der Waals surface area contributed by atoms with Gasteiger partial charge in [-0.15, -0.1) is 0 Å². The SMILES string of the molecule is CCC1(c2ccccc2)C=NO1. The summed E-state index contributed by atoms with van der Waals surface area (Å²) >= 11 is 0. The van der Waals surface area contributed by atoms with Crippen LogP contribution in [-0.2, 0) is 10.4 Å². The zero-order valence-electron chi connectivity index (χ0n) is 7.03. The summed E-state index contributed by atoms with van der Waals surface area (Å²) in [6.45, 7) is 2.10. The molecule has 0 spiro atoms. The largest absolute Gasteiger partial charge is 0.379 e. The van der Waals surface area contributed by atoms with E-state index >= 15 is 0 Å². The van der Waals surface area contributed by atoms with Crippen LogP contribution in [0.5, 0.6) is 0 Å². The Kier molecular flexibility index (Phi) is 1.61. The smallest absolute Gasteiger partial charge is 0.200 e. The van der Waals surface area contributed by atoms with Crippen molar-refractivity contribution in [3.8, 4) is 0 Å². The Morgan fingerprint density at radius 2 is 2.00 bits per heavy atom. The van der Waals surface area contributed by atoms with Crippen molar-refractivity contribution in [2.24, 2.45) is 5.16 Å². The molecule has 0 amide bonds. The van der Waals surface area contributed by atoms with E-state index in [2.05, 4.69) is 24.2 Å². The molecule has 62 valence electrons. The molecule has 12 heavy (non-hydrogen) atoms. The maximum atomic E-state index is 5.22. The van der Waals surface area contributed by atoms with Gasteiger partial charge in [0.2, 0.25) is 5.60 Å². The molecule has 0 radical (unpaired) electrons. The molecule has 1 unspecified atom stereocenters. The highest BCUT2D eigenvalue weighted by Crippen LogP contribution is 2.32. The topological polar surface area (TPSA) is 21.6 Å². The summed E-state index contributed by atoms with van der Waals surface area (Å²) < 4.78 is 0. The summed E-state index contributed by atoms with van der Waals surface area (Å²) in [6.07, 6.45) is 2.79. The standard InChI is InChI=1S/C10H11NO/c1-2-10(8-11-12-10)9-6-4-3-5-7-9/h3-8H,2H2,1H3. The predicted octanol–water partition coefficient (Wildman–Crippen LogP) is 2.31. The Bertz CT molecular complexity index is 294. The third-order valence-corrected chi connectivity index (χ3v) is 2.26. The van der Waals surface area contributed by atoms with Crippen LogP contribution in [0.2, 0.25) is 0 Å². The fraction of sp³-hybridized carbons (Fsp3) is 0.300. The number of benzene rings is 1. The van der Waals surface area contributed by atoms with Gasteiger partial charge in [-0.25, -0.2) is 0 Å². The van der Waals surface area contributed by atoms with E-state index < -0.39 is 0 Å². The molecule has 2 rings (SSSR count). The highest BCUT2D eigenvalue weighted by atomic mass is 16.7. The number of oxime groups is 1. The van der Waals surface area contributed by atoms with E-state index in [0.29, 0.717) is 0 Å². The Morgan fingerprint density at radius 3 is 2.42 bits per heavy atom. The first-order chi connectivity index (χ1) is 5.87. The highest BCUT2D eigenvalue weighted by molar-refractivity contribution is 5.74. The van der Waals surface area contributed by atoms with Gasteiger partial charge < -0.3 is 4.84 Å². The summed E-state index contributed by atoms with van der Waals surface area (Å²) in [5.41, 5.74) is 0.948. The molecule has 0 fully saturated rings. The second-order valence-electron chi connectivity index (χ2n) is 2.93. The van der Waals surface area contributed by atoms with Gasteiger partial charge in [-0.05, 0) is 6.42 Å². The summed E-state index contributed by atoms with van der Waals surface area (Å²) in [5.74, 6) is 0. The van der Waals surface area contributed by atoms with E-state index in [1.165, 1.54) is 5.56 Å². The average molecular weight is 161 g/mol. The van der Waals surface area contributed by atoms with E-state index in [1.54, 1.807) is 0 Å². The lowest BCUT2D eigenvalue weighted by Crippen LogP contribution is -2.35. The second-order valence-corrected chi connectivity index (χ2v) is 2.93. The van der Waals surface area contributed by atoms with Gasteiger partial charge in [-0.1, -0.05) is 42.4 Å². The van der Waals surface area contributed by atoms with Crippen LogP contribution < -0.4 is 0 Å². The van der Waals surface area contributed by atoms with Crippen molar-refractivity contribution in [3.05, 3.63) is 35.9 Å². The molecule has 0 saturated heterocycles. The molecule has 1 aliphatic rings. The van der Waals surface area contributed by atoms with E-state index in [1.807, 2.05) is 24.4 Å². The van der Waals surface area contributed by atoms with Gasteiger partial charge >= 0.3 is 0 Å². The quantitative estimate of drug-likeness (QED) is 0.652. The van der Waals surface area contributed by atoms with Crippen LogP contribution in [0.3, 0.4) is 0 Å². The van der Waals surface area contributed by atoms with Gasteiger partial charge in [0, 0.05) is 5.56 Å². The molecule has 2 heteroatoms. The van der Waals surface area contributed by atoms with Gasteiger partial charge in [0.05, 0.1) is 6.21 Å². The zero-order chi connectivity index (χ0) is 8.44. The summed E-state index contributed by atoms with van der Waals surface area (Å²) in [4.78, 5) is 5.22. The molecule has 0 aliphatic carbocycles. The summed E-state index contributed by atoms with van der Waals surface area (Å²) in [6, 6.07) is 10.2. The minimum absolute atomic E-state index is 0.235. The Labute approximate surface area is 71.8 Å². The molecule has 0 saturated carbocycles. The van der Waals surface area contributed by atoms with Crippen molar-refractivity contribution in [1.82, 2.24) is 0 Å². The molecule has 0 aromatic heterocycles. The monoisotopic (exact) mass is 161 g/mol. The van der Waals surface area contributed by atoms with Crippen molar-refractivity contribution in [3.63, 3.8) is 0 Å². The molecule has 0 bridgehead atoms. The van der Waals surface area contributed by atoms with Gasteiger partial charge in [0.25, 0.3) is 0 Å². The van der Waals surface area contributed by atoms with E-state index in [4.69, 9.17) is 4.84 Å². The highest BCUT2D eigenvalue weighted by Gasteiger charge is 2.36. The minimum atomic E-state index is -0.235. The van der Waals surface area contributed by atoms with Crippen molar-refractivity contribution in [2.75, 3.05) is 0 Å². The molecule has 1 aromatic rings. The van der Waals surface area contributed by atoms with Crippen LogP contribution in [0, 0.1) is 0 Å². The first-order valence-electron chi connectivity index (χ1n) is 4.15. The van der Waals surface area contributed by atoms with Crippen LogP contribution in [0.4, 0.5) is 0 Å². The summed E-state index contributed by atoms with van der Waals surface area (Å²) in [5, 5.41) is 3.69. The van der Waals surface area contributed by atoms with Crippen LogP contribution in [-0.4, -0.2) is 6.21 Å². The van der Waals surface area contributed by atoms with Crippen molar-refractivity contribution in [1.29, 1.82) is 0 Å². The van der Waals surface area contributed by atoms with Crippen LogP contribution >= 0.6 is 0 Å². The number of rotatable bonds is 2. The maximum Gasteiger partial charge on any atom is 0.200 e. The van der Waals surface area contributed by atoms with Gasteiger partial charge in [0.1, 0.15) is 0 Å². The van der Waals surface area contributed by atoms with E-state index in [0.717, 1.165) is 6.42 Å². The van der Waals surface area contributed by atoms with Crippen LogP contribution in [0.25, 0.3) is 0 Å². The minimum Gasteiger partial charge on any atom is -0.379 e. The van der Waals surface area contributed by atoms with E-state index in [-0.39, 0.29) is 5.60 Å². The van der Waals surface area contributed by atoms with E-state index in [9.17, 15) is 0 Å². The first kappa shape index (κ1) is 7.35. The van der Waals surface area contributed by atoms with Crippen molar-refractivity contribution in [2.45, 2.75) is 18.9 Å². The van der Waals surface area contributed by atoms with Gasteiger partial charge in [0.15, 0.2) is 0 Å². The molecule has 1 heterocycles. The fourth-order valence-corrected chi connectivity index (χ4v) is 1.39. The lowest BCUT2D eigenvalue weighted by molar-refractivity contribution is -0.0323. The third kappa shape index (κ3) is 0.916. The third-order valence-electron chi connectivity index (χ3n) is 2.26. The number of nitrogens with zero attached hydrogens (tertiary/aromatic N) is 1. The first-order valence-corrected chi connectivity index (χ1v) is 4.15. The molecular formula is C10H11NO. The Morgan fingerprint density at radius 1 is 1.33 bits per heavy atom. The van der Waals surface area contributed by atoms with Gasteiger partial charge in [-0.2, -0.15) is 0 Å². The van der Waals surface area contributed by atoms with Crippen LogP contribution in [0.15, 0.2) is 35.5 Å².